The van der Waals surface area contributed by atoms with Crippen molar-refractivity contribution in [3.05, 3.63) is 66.4 Å². The Morgan fingerprint density at radius 1 is 1.00 bits per heavy atom. The minimum atomic E-state index is 0.338. The minimum Gasteiger partial charge on any atom is -0.457 e. The average Bonchev–Trinajstić information content (AvgIpc) is 3.21. The first kappa shape index (κ1) is 19.4. The Morgan fingerprint density at radius 2 is 1.87 bits per heavy atom. The van der Waals surface area contributed by atoms with Crippen molar-refractivity contribution in [2.45, 2.75) is 25.8 Å². The number of hydrogen-bond acceptors (Lipinski definition) is 6. The molecule has 7 heteroatoms. The first-order valence-corrected chi connectivity index (χ1v) is 10.6. The van der Waals surface area contributed by atoms with Gasteiger partial charge >= 0.3 is 0 Å². The van der Waals surface area contributed by atoms with Gasteiger partial charge in [0.25, 0.3) is 0 Å². The topological polar surface area (TPSA) is 84.1 Å². The molecule has 3 heterocycles. The van der Waals surface area contributed by atoms with Gasteiger partial charge in [0.15, 0.2) is 11.5 Å². The molecule has 0 spiro atoms. The summed E-state index contributed by atoms with van der Waals surface area (Å²) in [5, 5.41) is 15.3. The lowest BCUT2D eigenvalue weighted by atomic mass is 10.1. The number of H-pyrrole nitrogens is 1. The number of pyridine rings is 1. The summed E-state index contributed by atoms with van der Waals surface area (Å²) in [6, 6.07) is 17.8. The third kappa shape index (κ3) is 4.32. The lowest BCUT2D eigenvalue weighted by Crippen LogP contribution is -2.38. The molecular formula is C24H25N5O2. The van der Waals surface area contributed by atoms with Crippen LogP contribution in [0.2, 0.25) is 0 Å². The number of ether oxygens (including phenoxy) is 2. The van der Waals surface area contributed by atoms with E-state index < -0.39 is 0 Å². The molecule has 0 amide bonds. The highest BCUT2D eigenvalue weighted by atomic mass is 16.5. The highest BCUT2D eigenvalue weighted by Crippen LogP contribution is 2.35. The van der Waals surface area contributed by atoms with Crippen molar-refractivity contribution < 1.29 is 9.47 Å². The second kappa shape index (κ2) is 8.65. The summed E-state index contributed by atoms with van der Waals surface area (Å²) in [6.45, 7) is 4.00. The zero-order valence-corrected chi connectivity index (χ0v) is 17.4. The van der Waals surface area contributed by atoms with Gasteiger partial charge in [0.1, 0.15) is 28.4 Å². The van der Waals surface area contributed by atoms with Crippen molar-refractivity contribution in [2.75, 3.05) is 18.4 Å². The first-order chi connectivity index (χ1) is 15.3. The van der Waals surface area contributed by atoms with E-state index in [1.54, 1.807) is 6.20 Å². The third-order valence-electron chi connectivity index (χ3n) is 5.41. The van der Waals surface area contributed by atoms with Crippen LogP contribution in [-0.4, -0.2) is 34.3 Å². The quantitative estimate of drug-likeness (QED) is 0.410. The molecule has 1 fully saturated rings. The van der Waals surface area contributed by atoms with Crippen LogP contribution in [0.4, 0.5) is 5.82 Å². The smallest absolute Gasteiger partial charge is 0.161 e. The molecule has 158 valence electrons. The van der Waals surface area contributed by atoms with Crippen molar-refractivity contribution in [3.8, 4) is 23.0 Å². The van der Waals surface area contributed by atoms with Gasteiger partial charge < -0.3 is 20.1 Å². The molecule has 4 aromatic rings. The van der Waals surface area contributed by atoms with Gasteiger partial charge in [-0.2, -0.15) is 5.10 Å². The number of piperidine rings is 1. The number of fused-ring (bicyclic) bond motifs is 1. The number of nitrogens with one attached hydrogen (secondary N) is 3. The summed E-state index contributed by atoms with van der Waals surface area (Å²) in [6.07, 6.45) is 3.99. The number of aromatic amines is 1. The van der Waals surface area contributed by atoms with E-state index in [9.17, 15) is 0 Å². The van der Waals surface area contributed by atoms with Crippen LogP contribution in [0.5, 0.6) is 23.0 Å². The predicted molar refractivity (Wildman–Crippen MR) is 121 cm³/mol. The Morgan fingerprint density at radius 3 is 2.68 bits per heavy atom. The lowest BCUT2D eigenvalue weighted by molar-refractivity contribution is 0.468. The fourth-order valence-corrected chi connectivity index (χ4v) is 3.82. The molecular weight excluding hydrogens is 390 g/mol. The van der Waals surface area contributed by atoms with E-state index in [0.29, 0.717) is 17.4 Å². The van der Waals surface area contributed by atoms with Crippen molar-refractivity contribution in [1.82, 2.24) is 20.5 Å². The molecule has 1 aliphatic rings. The molecule has 5 rings (SSSR count). The highest BCUT2D eigenvalue weighted by Gasteiger charge is 2.18. The third-order valence-corrected chi connectivity index (χ3v) is 5.41. The second-order valence-electron chi connectivity index (χ2n) is 7.74. The number of para-hydroxylation sites is 1. The summed E-state index contributed by atoms with van der Waals surface area (Å²) >= 11 is 0. The summed E-state index contributed by atoms with van der Waals surface area (Å²) in [5.41, 5.74) is 1.69. The Bertz CT molecular complexity index is 1170. The van der Waals surface area contributed by atoms with Gasteiger partial charge in [-0.1, -0.05) is 18.2 Å². The van der Waals surface area contributed by atoms with Crippen molar-refractivity contribution in [3.63, 3.8) is 0 Å². The predicted octanol–water partition coefficient (Wildman–Crippen LogP) is 5.01. The largest absolute Gasteiger partial charge is 0.457 e. The lowest BCUT2D eigenvalue weighted by Gasteiger charge is -2.23. The number of hydrogen-bond donors (Lipinski definition) is 3. The molecule has 2 aromatic carbocycles. The van der Waals surface area contributed by atoms with E-state index in [1.807, 2.05) is 61.5 Å². The van der Waals surface area contributed by atoms with E-state index in [-0.39, 0.29) is 0 Å². The minimum absolute atomic E-state index is 0.338. The zero-order valence-electron chi connectivity index (χ0n) is 17.4. The number of aromatic nitrogens is 3. The number of aryl methyl sites for hydroxylation is 1. The molecule has 0 bridgehead atoms. The molecule has 0 aliphatic carbocycles. The van der Waals surface area contributed by atoms with Gasteiger partial charge in [-0.3, -0.25) is 5.10 Å². The molecule has 0 unspecified atom stereocenters. The van der Waals surface area contributed by atoms with Gasteiger partial charge in [0.05, 0.1) is 0 Å². The molecule has 2 aromatic heterocycles. The number of nitrogens with zero attached hydrogens (tertiary/aromatic N) is 2. The summed E-state index contributed by atoms with van der Waals surface area (Å²) in [5.74, 6) is 3.82. The van der Waals surface area contributed by atoms with Crippen LogP contribution in [-0.2, 0) is 0 Å². The van der Waals surface area contributed by atoms with Crippen LogP contribution in [0.15, 0.2) is 60.8 Å². The molecule has 7 nitrogen and oxygen atoms in total. The number of benzene rings is 2. The van der Waals surface area contributed by atoms with E-state index in [2.05, 4.69) is 25.8 Å². The summed E-state index contributed by atoms with van der Waals surface area (Å²) < 4.78 is 12.2. The SMILES string of the molecule is Cc1cc(Oc2ccnc3[nH]nc(N[C@@H]4CCCNC4)c23)ccc1Oc1ccccc1. The zero-order chi connectivity index (χ0) is 21.0. The average molecular weight is 415 g/mol. The van der Waals surface area contributed by atoms with E-state index in [1.165, 1.54) is 0 Å². The van der Waals surface area contributed by atoms with Crippen molar-refractivity contribution in [1.29, 1.82) is 0 Å². The van der Waals surface area contributed by atoms with Gasteiger partial charge in [-0.25, -0.2) is 4.98 Å². The fraction of sp³-hybridized carbons (Fsp3) is 0.250. The van der Waals surface area contributed by atoms with E-state index in [4.69, 9.17) is 9.47 Å². The maximum Gasteiger partial charge on any atom is 0.161 e. The highest BCUT2D eigenvalue weighted by molar-refractivity contribution is 5.93. The van der Waals surface area contributed by atoms with Crippen molar-refractivity contribution in [2.24, 2.45) is 0 Å². The second-order valence-corrected chi connectivity index (χ2v) is 7.74. The van der Waals surface area contributed by atoms with Gasteiger partial charge in [0, 0.05) is 24.8 Å². The molecule has 0 saturated carbocycles. The summed E-state index contributed by atoms with van der Waals surface area (Å²) in [4.78, 5) is 4.40. The van der Waals surface area contributed by atoms with Crippen LogP contribution in [0.3, 0.4) is 0 Å². The van der Waals surface area contributed by atoms with Crippen LogP contribution < -0.4 is 20.1 Å². The normalized spacial score (nSPS) is 16.2. The molecule has 31 heavy (non-hydrogen) atoms. The molecule has 0 radical (unpaired) electrons. The Hall–Kier alpha value is -3.58. The number of rotatable bonds is 6. The Kier molecular flexibility index (Phi) is 5.41. The van der Waals surface area contributed by atoms with Gasteiger partial charge in [0.2, 0.25) is 0 Å². The molecule has 3 N–H and O–H groups in total. The number of anilines is 1. The molecule has 1 aliphatic heterocycles. The van der Waals surface area contributed by atoms with Gasteiger partial charge in [-0.05, 0) is 62.2 Å². The maximum absolute atomic E-state index is 6.25. The maximum atomic E-state index is 6.25. The summed E-state index contributed by atoms with van der Waals surface area (Å²) in [7, 11) is 0. The molecule has 1 saturated heterocycles. The van der Waals surface area contributed by atoms with Crippen LogP contribution in [0.25, 0.3) is 11.0 Å². The Balaban J connectivity index is 1.38. The van der Waals surface area contributed by atoms with Crippen LogP contribution in [0, 0.1) is 6.92 Å². The van der Waals surface area contributed by atoms with Gasteiger partial charge in [-0.15, -0.1) is 0 Å². The molecule has 1 atom stereocenters. The van der Waals surface area contributed by atoms with E-state index in [0.717, 1.165) is 59.9 Å². The van der Waals surface area contributed by atoms with E-state index >= 15 is 0 Å². The van der Waals surface area contributed by atoms with Crippen LogP contribution >= 0.6 is 0 Å². The fourth-order valence-electron chi connectivity index (χ4n) is 3.82. The van der Waals surface area contributed by atoms with Crippen molar-refractivity contribution >= 4 is 16.9 Å². The monoisotopic (exact) mass is 415 g/mol. The van der Waals surface area contributed by atoms with Crippen LogP contribution in [0.1, 0.15) is 18.4 Å². The Labute approximate surface area is 180 Å². The standard InChI is InChI=1S/C24H25N5O2/c1-16-14-19(9-10-20(16)30-18-7-3-2-4-8-18)31-21-11-13-26-23-22(21)24(29-28-23)27-17-6-5-12-25-15-17/h2-4,7-11,13-14,17,25H,5-6,12,15H2,1H3,(H2,26,27,28,29)/t17-/m1/s1. The first-order valence-electron chi connectivity index (χ1n) is 10.6.